The second-order valence-electron chi connectivity index (χ2n) is 6.40. The highest BCUT2D eigenvalue weighted by Crippen LogP contribution is 2.27. The van der Waals surface area contributed by atoms with Crippen molar-refractivity contribution in [2.75, 3.05) is 31.6 Å². The molecular formula is C21H23FN4O3. The van der Waals surface area contributed by atoms with Crippen molar-refractivity contribution in [1.82, 2.24) is 10.3 Å². The quantitative estimate of drug-likeness (QED) is 0.576. The Morgan fingerprint density at radius 1 is 1.31 bits per heavy atom. The average Bonchev–Trinajstić information content (AvgIpc) is 3.18. The SMILES string of the molecule is CNC(=O)CN(Cc1ccccc1)c1nc2ccc(OCC(=CF)CN)cc2o1. The van der Waals surface area contributed by atoms with Gasteiger partial charge >= 0.3 is 0 Å². The third-order valence-electron chi connectivity index (χ3n) is 4.29. The smallest absolute Gasteiger partial charge is 0.299 e. The van der Waals surface area contributed by atoms with Crippen molar-refractivity contribution in [3.05, 3.63) is 66.0 Å². The maximum Gasteiger partial charge on any atom is 0.299 e. The molecule has 0 spiro atoms. The van der Waals surface area contributed by atoms with E-state index in [1.807, 2.05) is 30.3 Å². The van der Waals surface area contributed by atoms with Gasteiger partial charge in [-0.2, -0.15) is 4.98 Å². The molecule has 0 saturated heterocycles. The Hall–Kier alpha value is -3.39. The molecule has 0 fully saturated rings. The summed E-state index contributed by atoms with van der Waals surface area (Å²) in [5.74, 6) is 0.355. The molecule has 1 aromatic heterocycles. The number of nitrogens with two attached hydrogens (primary N) is 1. The van der Waals surface area contributed by atoms with E-state index in [1.165, 1.54) is 0 Å². The molecule has 0 atom stereocenters. The fraction of sp³-hybridized carbons (Fsp3) is 0.238. The second kappa shape index (κ2) is 9.70. The van der Waals surface area contributed by atoms with E-state index in [0.717, 1.165) is 5.56 Å². The van der Waals surface area contributed by atoms with Crippen LogP contribution in [0.2, 0.25) is 0 Å². The molecule has 8 heteroatoms. The van der Waals surface area contributed by atoms with Crippen LogP contribution in [0.5, 0.6) is 5.75 Å². The van der Waals surface area contributed by atoms with Gasteiger partial charge in [0.05, 0.1) is 6.33 Å². The summed E-state index contributed by atoms with van der Waals surface area (Å²) < 4.78 is 24.1. The molecule has 0 aliphatic carbocycles. The van der Waals surface area contributed by atoms with Crippen LogP contribution in [-0.4, -0.2) is 37.6 Å². The van der Waals surface area contributed by atoms with E-state index < -0.39 is 0 Å². The summed E-state index contributed by atoms with van der Waals surface area (Å²) in [7, 11) is 1.58. The first kappa shape index (κ1) is 20.3. The Kier molecular flexibility index (Phi) is 6.80. The molecule has 1 amide bonds. The third kappa shape index (κ3) is 5.32. The van der Waals surface area contributed by atoms with Crippen LogP contribution in [0.4, 0.5) is 10.4 Å². The highest BCUT2D eigenvalue weighted by atomic mass is 19.1. The van der Waals surface area contributed by atoms with Crippen molar-refractivity contribution in [2.45, 2.75) is 6.54 Å². The van der Waals surface area contributed by atoms with Gasteiger partial charge in [-0.1, -0.05) is 30.3 Å². The fourth-order valence-electron chi connectivity index (χ4n) is 2.68. The van der Waals surface area contributed by atoms with Gasteiger partial charge in [-0.15, -0.1) is 0 Å². The van der Waals surface area contributed by atoms with Crippen LogP contribution in [0.15, 0.2) is 64.9 Å². The summed E-state index contributed by atoms with van der Waals surface area (Å²) in [6, 6.07) is 15.2. The molecule has 0 aliphatic heterocycles. The van der Waals surface area contributed by atoms with E-state index in [2.05, 4.69) is 10.3 Å². The van der Waals surface area contributed by atoms with E-state index in [4.69, 9.17) is 14.9 Å². The number of fused-ring (bicyclic) bond motifs is 1. The van der Waals surface area contributed by atoms with Crippen LogP contribution in [0.3, 0.4) is 0 Å². The molecule has 3 rings (SSSR count). The molecule has 152 valence electrons. The normalized spacial score (nSPS) is 11.5. The number of hydrogen-bond acceptors (Lipinski definition) is 6. The fourth-order valence-corrected chi connectivity index (χ4v) is 2.68. The standard InChI is InChI=1S/C21H23FN4O3/c1-24-20(27)13-26(12-15-5-3-2-4-6-15)21-25-18-8-7-17(9-19(18)29-21)28-14-16(10-22)11-23/h2-10H,11-14,23H2,1H3,(H,24,27). The van der Waals surface area contributed by atoms with Crippen molar-refractivity contribution < 1.29 is 18.3 Å². The van der Waals surface area contributed by atoms with Crippen LogP contribution in [0.25, 0.3) is 11.1 Å². The predicted octanol–water partition coefficient (Wildman–Crippen LogP) is 2.77. The number of carbonyl (C=O) groups excluding carboxylic acids is 1. The predicted molar refractivity (Wildman–Crippen MR) is 109 cm³/mol. The van der Waals surface area contributed by atoms with Crippen LogP contribution < -0.4 is 20.7 Å². The van der Waals surface area contributed by atoms with Crippen molar-refractivity contribution in [3.63, 3.8) is 0 Å². The molecule has 0 unspecified atom stereocenters. The number of halogens is 1. The Balaban J connectivity index is 1.83. The molecule has 0 radical (unpaired) electrons. The molecule has 0 bridgehead atoms. The maximum absolute atomic E-state index is 12.6. The van der Waals surface area contributed by atoms with Crippen molar-refractivity contribution in [3.8, 4) is 5.75 Å². The lowest BCUT2D eigenvalue weighted by molar-refractivity contribution is -0.119. The molecule has 3 N–H and O–H groups in total. The number of amides is 1. The summed E-state index contributed by atoms with van der Waals surface area (Å²) in [6.07, 6.45) is 0.450. The summed E-state index contributed by atoms with van der Waals surface area (Å²) in [5, 5.41) is 2.62. The molecule has 0 saturated carbocycles. The number of likely N-dealkylation sites (N-methyl/N-ethyl adjacent to an activating group) is 1. The van der Waals surface area contributed by atoms with Crippen LogP contribution in [0.1, 0.15) is 5.56 Å². The number of ether oxygens (including phenoxy) is 1. The molecule has 2 aromatic carbocycles. The Morgan fingerprint density at radius 3 is 2.79 bits per heavy atom. The second-order valence-corrected chi connectivity index (χ2v) is 6.40. The van der Waals surface area contributed by atoms with E-state index in [0.29, 0.717) is 41.3 Å². The van der Waals surface area contributed by atoms with Gasteiger partial charge in [0, 0.05) is 31.8 Å². The number of hydrogen-bond donors (Lipinski definition) is 2. The van der Waals surface area contributed by atoms with Gasteiger partial charge in [0.2, 0.25) is 5.91 Å². The number of nitrogens with one attached hydrogen (secondary N) is 1. The molecule has 0 aliphatic rings. The summed E-state index contributed by atoms with van der Waals surface area (Å²) in [5.41, 5.74) is 7.94. The topological polar surface area (TPSA) is 93.6 Å². The molecule has 7 nitrogen and oxygen atoms in total. The van der Waals surface area contributed by atoms with E-state index in [-0.39, 0.29) is 25.6 Å². The Morgan fingerprint density at radius 2 is 2.10 bits per heavy atom. The van der Waals surface area contributed by atoms with E-state index in [9.17, 15) is 9.18 Å². The minimum absolute atomic E-state index is 0.0519. The summed E-state index contributed by atoms with van der Waals surface area (Å²) in [4.78, 5) is 18.2. The zero-order chi connectivity index (χ0) is 20.6. The highest BCUT2D eigenvalue weighted by Gasteiger charge is 2.18. The maximum atomic E-state index is 12.6. The number of nitrogens with zero attached hydrogens (tertiary/aromatic N) is 2. The lowest BCUT2D eigenvalue weighted by Gasteiger charge is -2.19. The monoisotopic (exact) mass is 398 g/mol. The number of anilines is 1. The molecule has 29 heavy (non-hydrogen) atoms. The van der Waals surface area contributed by atoms with Crippen LogP contribution in [-0.2, 0) is 11.3 Å². The summed E-state index contributed by atoms with van der Waals surface area (Å²) in [6.45, 7) is 0.698. The number of oxazole rings is 1. The van der Waals surface area contributed by atoms with Gasteiger partial charge in [-0.3, -0.25) is 4.79 Å². The van der Waals surface area contributed by atoms with Gasteiger partial charge in [0.15, 0.2) is 5.58 Å². The summed E-state index contributed by atoms with van der Waals surface area (Å²) >= 11 is 0. The van der Waals surface area contributed by atoms with E-state index in [1.54, 1.807) is 30.1 Å². The van der Waals surface area contributed by atoms with Gasteiger partial charge in [0.1, 0.15) is 24.4 Å². The number of carbonyl (C=O) groups is 1. The molecule has 1 heterocycles. The van der Waals surface area contributed by atoms with Gasteiger partial charge < -0.3 is 25.1 Å². The average molecular weight is 398 g/mol. The number of benzene rings is 2. The lowest BCUT2D eigenvalue weighted by Crippen LogP contribution is -2.35. The van der Waals surface area contributed by atoms with Gasteiger partial charge in [-0.25, -0.2) is 4.39 Å². The first-order chi connectivity index (χ1) is 14.1. The zero-order valence-electron chi connectivity index (χ0n) is 16.1. The van der Waals surface area contributed by atoms with Gasteiger partial charge in [0.25, 0.3) is 6.01 Å². The molecular weight excluding hydrogens is 375 g/mol. The van der Waals surface area contributed by atoms with Crippen LogP contribution in [0, 0.1) is 0 Å². The number of aromatic nitrogens is 1. The highest BCUT2D eigenvalue weighted by molar-refractivity contribution is 5.81. The van der Waals surface area contributed by atoms with Crippen molar-refractivity contribution >= 4 is 23.0 Å². The Bertz CT molecular complexity index is 988. The number of rotatable bonds is 9. The lowest BCUT2D eigenvalue weighted by atomic mass is 10.2. The van der Waals surface area contributed by atoms with E-state index >= 15 is 0 Å². The zero-order valence-corrected chi connectivity index (χ0v) is 16.1. The minimum atomic E-state index is -0.153. The van der Waals surface area contributed by atoms with Crippen molar-refractivity contribution in [1.29, 1.82) is 0 Å². The molecule has 3 aromatic rings. The third-order valence-corrected chi connectivity index (χ3v) is 4.29. The first-order valence-corrected chi connectivity index (χ1v) is 9.14. The van der Waals surface area contributed by atoms with Crippen molar-refractivity contribution in [2.24, 2.45) is 5.73 Å². The van der Waals surface area contributed by atoms with Gasteiger partial charge in [-0.05, 0) is 17.7 Å². The van der Waals surface area contributed by atoms with Crippen LogP contribution >= 0.6 is 0 Å². The largest absolute Gasteiger partial charge is 0.489 e. The minimum Gasteiger partial charge on any atom is -0.489 e. The first-order valence-electron chi connectivity index (χ1n) is 9.14. The Labute approximate surface area is 168 Å².